The number of esters is 2. The molecular formula is C30H24O4. The minimum Gasteiger partial charge on any atom is -0.426 e. The van der Waals surface area contributed by atoms with E-state index in [1.54, 1.807) is 12.1 Å². The van der Waals surface area contributed by atoms with Gasteiger partial charge in [-0.3, -0.25) is 9.59 Å². The molecule has 0 amide bonds. The predicted molar refractivity (Wildman–Crippen MR) is 131 cm³/mol. The standard InChI is InChI=1S/C30H24O4/c31-28(33-26-16-7-14-24(20-26)22-10-3-1-4-11-22)30(18-9-19-30)29(32)34-27-17-8-15-25(21-27)23-12-5-2-6-13-23/h1-8,10-17,20-21H,9,18-19H2. The van der Waals surface area contributed by atoms with Crippen molar-refractivity contribution in [2.75, 3.05) is 0 Å². The van der Waals surface area contributed by atoms with E-state index in [2.05, 4.69) is 0 Å². The van der Waals surface area contributed by atoms with Crippen LogP contribution in [0, 0.1) is 5.41 Å². The fourth-order valence-electron chi connectivity index (χ4n) is 4.17. The maximum atomic E-state index is 13.2. The molecule has 0 spiro atoms. The average Bonchev–Trinajstić information content (AvgIpc) is 2.85. The number of hydrogen-bond donors (Lipinski definition) is 0. The molecule has 34 heavy (non-hydrogen) atoms. The van der Waals surface area contributed by atoms with Crippen LogP contribution in [0.2, 0.25) is 0 Å². The van der Waals surface area contributed by atoms with Gasteiger partial charge in [0.1, 0.15) is 11.5 Å². The lowest BCUT2D eigenvalue weighted by Crippen LogP contribution is -2.49. The van der Waals surface area contributed by atoms with Crippen LogP contribution in [0.3, 0.4) is 0 Å². The quantitative estimate of drug-likeness (QED) is 0.187. The van der Waals surface area contributed by atoms with E-state index in [1.165, 1.54) is 0 Å². The van der Waals surface area contributed by atoms with Gasteiger partial charge in [0.25, 0.3) is 0 Å². The summed E-state index contributed by atoms with van der Waals surface area (Å²) in [5, 5.41) is 0. The summed E-state index contributed by atoms with van der Waals surface area (Å²) in [5.41, 5.74) is 2.65. The van der Waals surface area contributed by atoms with Crippen LogP contribution in [-0.2, 0) is 9.59 Å². The number of carbonyl (C=O) groups is 2. The van der Waals surface area contributed by atoms with Gasteiger partial charge in [-0.15, -0.1) is 0 Å². The third kappa shape index (κ3) is 4.35. The summed E-state index contributed by atoms with van der Waals surface area (Å²) in [6, 6.07) is 34.4. The maximum absolute atomic E-state index is 13.2. The van der Waals surface area contributed by atoms with Gasteiger partial charge in [-0.1, -0.05) is 84.9 Å². The molecule has 4 nitrogen and oxygen atoms in total. The van der Waals surface area contributed by atoms with E-state index in [0.29, 0.717) is 24.3 Å². The van der Waals surface area contributed by atoms with Crippen molar-refractivity contribution in [1.29, 1.82) is 0 Å². The molecule has 1 saturated carbocycles. The molecule has 5 rings (SSSR count). The summed E-state index contributed by atoms with van der Waals surface area (Å²) in [7, 11) is 0. The predicted octanol–water partition coefficient (Wildman–Crippen LogP) is 6.70. The van der Waals surface area contributed by atoms with Gasteiger partial charge in [0.05, 0.1) is 0 Å². The van der Waals surface area contributed by atoms with Gasteiger partial charge in [0.2, 0.25) is 0 Å². The Morgan fingerprint density at radius 2 is 0.941 bits per heavy atom. The largest absolute Gasteiger partial charge is 0.426 e. The molecule has 0 aromatic heterocycles. The van der Waals surface area contributed by atoms with Gasteiger partial charge >= 0.3 is 11.9 Å². The van der Waals surface area contributed by atoms with Crippen molar-refractivity contribution in [1.82, 2.24) is 0 Å². The fourth-order valence-corrected chi connectivity index (χ4v) is 4.17. The van der Waals surface area contributed by atoms with Crippen molar-refractivity contribution in [2.24, 2.45) is 5.41 Å². The highest BCUT2D eigenvalue weighted by Gasteiger charge is 2.54. The van der Waals surface area contributed by atoms with Crippen molar-refractivity contribution >= 4 is 11.9 Å². The van der Waals surface area contributed by atoms with E-state index in [4.69, 9.17) is 9.47 Å². The van der Waals surface area contributed by atoms with E-state index in [-0.39, 0.29) is 0 Å². The zero-order chi connectivity index (χ0) is 23.4. The topological polar surface area (TPSA) is 52.6 Å². The molecule has 0 heterocycles. The molecule has 4 aromatic carbocycles. The second-order valence-electron chi connectivity index (χ2n) is 8.50. The molecule has 1 fully saturated rings. The fraction of sp³-hybridized carbons (Fsp3) is 0.133. The second-order valence-corrected chi connectivity index (χ2v) is 8.50. The first-order chi connectivity index (χ1) is 16.6. The van der Waals surface area contributed by atoms with Gasteiger partial charge < -0.3 is 9.47 Å². The summed E-state index contributed by atoms with van der Waals surface area (Å²) in [6.45, 7) is 0. The minimum absolute atomic E-state index is 0.413. The van der Waals surface area contributed by atoms with Gasteiger partial charge in [0, 0.05) is 0 Å². The van der Waals surface area contributed by atoms with Crippen LogP contribution in [0.15, 0.2) is 109 Å². The first kappa shape index (κ1) is 21.7. The van der Waals surface area contributed by atoms with Crippen LogP contribution in [0.25, 0.3) is 22.3 Å². The Hall–Kier alpha value is -4.18. The number of rotatable bonds is 6. The first-order valence-electron chi connectivity index (χ1n) is 11.4. The zero-order valence-electron chi connectivity index (χ0n) is 18.6. The third-order valence-electron chi connectivity index (χ3n) is 6.29. The summed E-state index contributed by atoms with van der Waals surface area (Å²) >= 11 is 0. The number of hydrogen-bond acceptors (Lipinski definition) is 4. The van der Waals surface area contributed by atoms with E-state index in [0.717, 1.165) is 28.7 Å². The van der Waals surface area contributed by atoms with Crippen molar-refractivity contribution < 1.29 is 19.1 Å². The molecule has 0 aliphatic heterocycles. The lowest BCUT2D eigenvalue weighted by Gasteiger charge is -2.36. The lowest BCUT2D eigenvalue weighted by atomic mass is 9.69. The molecule has 0 unspecified atom stereocenters. The Bertz CT molecular complexity index is 1210. The molecular weight excluding hydrogens is 424 g/mol. The molecule has 0 N–H and O–H groups in total. The van der Waals surface area contributed by atoms with Crippen LogP contribution < -0.4 is 9.47 Å². The van der Waals surface area contributed by atoms with Crippen molar-refractivity contribution in [3.8, 4) is 33.8 Å². The molecule has 1 aliphatic rings. The SMILES string of the molecule is O=C(Oc1cccc(-c2ccccc2)c1)C1(C(=O)Oc2cccc(-c3ccccc3)c2)CCC1. The third-order valence-corrected chi connectivity index (χ3v) is 6.29. The number of benzene rings is 4. The molecule has 0 saturated heterocycles. The molecule has 0 atom stereocenters. The van der Waals surface area contributed by atoms with Crippen LogP contribution in [0.4, 0.5) is 0 Å². The van der Waals surface area contributed by atoms with Crippen molar-refractivity contribution in [2.45, 2.75) is 19.3 Å². The Morgan fingerprint density at radius 1 is 0.529 bits per heavy atom. The molecule has 4 heteroatoms. The highest BCUT2D eigenvalue weighted by molar-refractivity contribution is 6.02. The lowest BCUT2D eigenvalue weighted by molar-refractivity contribution is -0.167. The van der Waals surface area contributed by atoms with Gasteiger partial charge in [0.15, 0.2) is 5.41 Å². The van der Waals surface area contributed by atoms with Gasteiger partial charge in [-0.2, -0.15) is 0 Å². The van der Waals surface area contributed by atoms with E-state index in [1.807, 2.05) is 97.1 Å². The summed E-state index contributed by atoms with van der Waals surface area (Å²) < 4.78 is 11.4. The normalized spacial score (nSPS) is 14.0. The van der Waals surface area contributed by atoms with Gasteiger partial charge in [-0.25, -0.2) is 0 Å². The van der Waals surface area contributed by atoms with Crippen LogP contribution in [0.5, 0.6) is 11.5 Å². The Balaban J connectivity index is 1.32. The van der Waals surface area contributed by atoms with E-state index >= 15 is 0 Å². The van der Waals surface area contributed by atoms with Crippen molar-refractivity contribution in [3.63, 3.8) is 0 Å². The summed E-state index contributed by atoms with van der Waals surface area (Å²) in [6.07, 6.45) is 1.61. The average molecular weight is 449 g/mol. The maximum Gasteiger partial charge on any atom is 0.328 e. The Morgan fingerprint density at radius 3 is 1.32 bits per heavy atom. The monoisotopic (exact) mass is 448 g/mol. The van der Waals surface area contributed by atoms with Crippen LogP contribution in [0.1, 0.15) is 19.3 Å². The van der Waals surface area contributed by atoms with E-state index < -0.39 is 17.4 Å². The van der Waals surface area contributed by atoms with E-state index in [9.17, 15) is 9.59 Å². The minimum atomic E-state index is -1.27. The highest BCUT2D eigenvalue weighted by Crippen LogP contribution is 2.44. The molecule has 1 aliphatic carbocycles. The Kier molecular flexibility index (Phi) is 5.96. The summed E-state index contributed by atoms with van der Waals surface area (Å²) in [4.78, 5) is 26.3. The number of ether oxygens (including phenoxy) is 2. The molecule has 0 radical (unpaired) electrons. The van der Waals surface area contributed by atoms with Crippen LogP contribution in [-0.4, -0.2) is 11.9 Å². The molecule has 168 valence electrons. The zero-order valence-corrected chi connectivity index (χ0v) is 18.6. The smallest absolute Gasteiger partial charge is 0.328 e. The highest BCUT2D eigenvalue weighted by atomic mass is 16.6. The number of carbonyl (C=O) groups excluding carboxylic acids is 2. The van der Waals surface area contributed by atoms with Crippen molar-refractivity contribution in [3.05, 3.63) is 109 Å². The van der Waals surface area contributed by atoms with Gasteiger partial charge in [-0.05, 0) is 65.8 Å². The summed E-state index contributed by atoms with van der Waals surface area (Å²) in [5.74, 6) is -0.297. The van der Waals surface area contributed by atoms with Crippen LogP contribution >= 0.6 is 0 Å². The Labute approximate surface area is 198 Å². The molecule has 0 bridgehead atoms. The second kappa shape index (κ2) is 9.36. The first-order valence-corrected chi connectivity index (χ1v) is 11.4. The molecule has 4 aromatic rings.